The second kappa shape index (κ2) is 12.8. The number of amides is 4. The summed E-state index contributed by atoms with van der Waals surface area (Å²) in [6, 6.07) is 16.5. The highest BCUT2D eigenvalue weighted by molar-refractivity contribution is 6.24. The number of nitrogens with one attached hydrogen (secondary N) is 1. The molecule has 4 amide bonds. The van der Waals surface area contributed by atoms with Crippen molar-refractivity contribution in [2.75, 3.05) is 18.0 Å². The Balaban J connectivity index is 0.880. The van der Waals surface area contributed by atoms with Gasteiger partial charge in [0.05, 0.1) is 35.1 Å². The summed E-state index contributed by atoms with van der Waals surface area (Å²) in [5, 5.41) is 20.6. The van der Waals surface area contributed by atoms with Crippen LogP contribution in [0.4, 0.5) is 5.82 Å². The zero-order chi connectivity index (χ0) is 35.2. The first kappa shape index (κ1) is 31.9. The van der Waals surface area contributed by atoms with Crippen molar-refractivity contribution >= 4 is 35.2 Å². The Kier molecular flexibility index (Phi) is 8.01. The van der Waals surface area contributed by atoms with E-state index in [0.29, 0.717) is 12.2 Å². The van der Waals surface area contributed by atoms with E-state index in [-0.39, 0.29) is 65.5 Å². The van der Waals surface area contributed by atoms with Crippen LogP contribution in [0.25, 0.3) is 0 Å². The highest BCUT2D eigenvalue weighted by atomic mass is 16.5. The number of ketones is 1. The number of carbonyl (C=O) groups excluding carboxylic acids is 5. The largest absolute Gasteiger partial charge is 0.507 e. The van der Waals surface area contributed by atoms with E-state index in [1.165, 1.54) is 18.2 Å². The van der Waals surface area contributed by atoms with Crippen molar-refractivity contribution in [3.63, 3.8) is 0 Å². The van der Waals surface area contributed by atoms with Crippen LogP contribution in [0.15, 0.2) is 79.1 Å². The van der Waals surface area contributed by atoms with Gasteiger partial charge in [0.1, 0.15) is 35.7 Å². The van der Waals surface area contributed by atoms with Crippen molar-refractivity contribution in [2.45, 2.75) is 50.5 Å². The van der Waals surface area contributed by atoms with E-state index in [0.717, 1.165) is 35.9 Å². The summed E-state index contributed by atoms with van der Waals surface area (Å²) in [6.07, 6.45) is 6.11. The number of phenols is 1. The van der Waals surface area contributed by atoms with Gasteiger partial charge >= 0.3 is 0 Å². The molecule has 3 fully saturated rings. The number of likely N-dealkylation sites (tertiary alicyclic amines) is 1. The highest BCUT2D eigenvalue weighted by Gasteiger charge is 2.46. The molecule has 3 atom stereocenters. The Morgan fingerprint density at radius 1 is 0.961 bits per heavy atom. The first-order valence-electron chi connectivity index (χ1n) is 16.6. The third-order valence-electron chi connectivity index (χ3n) is 9.67. The monoisotopic (exact) mass is 688 g/mol. The maximum atomic E-state index is 13.4. The van der Waals surface area contributed by atoms with Gasteiger partial charge in [0.15, 0.2) is 5.78 Å². The molecule has 0 saturated carbocycles. The fourth-order valence-electron chi connectivity index (χ4n) is 7.21. The number of allylic oxidation sites excluding steroid dienone is 1. The first-order valence-corrected chi connectivity index (χ1v) is 16.6. The van der Waals surface area contributed by atoms with Gasteiger partial charge in [-0.1, -0.05) is 29.5 Å². The lowest BCUT2D eigenvalue weighted by atomic mass is 10.0. The van der Waals surface area contributed by atoms with Crippen LogP contribution in [0.5, 0.6) is 11.5 Å². The van der Waals surface area contributed by atoms with Gasteiger partial charge in [0.25, 0.3) is 11.8 Å². The van der Waals surface area contributed by atoms with E-state index in [2.05, 4.69) is 25.4 Å². The third kappa shape index (κ3) is 5.96. The van der Waals surface area contributed by atoms with Crippen LogP contribution in [-0.2, 0) is 22.7 Å². The lowest BCUT2D eigenvalue weighted by Crippen LogP contribution is -2.54. The molecule has 4 aliphatic rings. The Morgan fingerprint density at radius 2 is 1.80 bits per heavy atom. The summed E-state index contributed by atoms with van der Waals surface area (Å²) >= 11 is 0. The number of imide groups is 2. The van der Waals surface area contributed by atoms with Gasteiger partial charge in [-0.2, -0.15) is 0 Å². The number of fused-ring (bicyclic) bond motifs is 3. The van der Waals surface area contributed by atoms with Crippen molar-refractivity contribution in [2.24, 2.45) is 0 Å². The minimum absolute atomic E-state index is 0.0241. The van der Waals surface area contributed by atoms with E-state index >= 15 is 0 Å². The molecule has 2 N–H and O–H groups in total. The zero-order valence-corrected chi connectivity index (χ0v) is 27.2. The number of carbonyl (C=O) groups is 5. The molecule has 0 spiro atoms. The lowest BCUT2D eigenvalue weighted by molar-refractivity contribution is -0.136. The van der Waals surface area contributed by atoms with Crippen molar-refractivity contribution in [1.29, 1.82) is 0 Å². The van der Waals surface area contributed by atoms with Crippen molar-refractivity contribution in [3.05, 3.63) is 107 Å². The maximum Gasteiger partial charge on any atom is 0.266 e. The fraction of sp³-hybridized carbons (Fsp3) is 0.278. The molecule has 15 nitrogen and oxygen atoms in total. The first-order chi connectivity index (χ1) is 24.7. The third-order valence-corrected chi connectivity index (χ3v) is 9.67. The second-order valence-corrected chi connectivity index (χ2v) is 12.9. The number of hydrogen-bond acceptors (Lipinski definition) is 12. The van der Waals surface area contributed by atoms with Gasteiger partial charge in [-0.3, -0.25) is 34.2 Å². The van der Waals surface area contributed by atoms with Gasteiger partial charge in [-0.05, 0) is 49.2 Å². The Bertz CT molecular complexity index is 2130. The van der Waals surface area contributed by atoms with Crippen LogP contribution in [-0.4, -0.2) is 95.5 Å². The number of rotatable bonds is 10. The number of aromatic hydroxyl groups is 1. The van der Waals surface area contributed by atoms with E-state index < -0.39 is 29.7 Å². The predicted molar refractivity (Wildman–Crippen MR) is 179 cm³/mol. The highest BCUT2D eigenvalue weighted by Crippen LogP contribution is 2.35. The topological polar surface area (TPSA) is 180 Å². The van der Waals surface area contributed by atoms with Crippen LogP contribution in [0, 0.1) is 0 Å². The standard InChI is InChI=1S/C36H32N8O7/c45-28-8-2-1-6-25(28)29(46)13-14-41-18-24-15-23(41)19-43(24)31-10-3-5-21(37-31)16-42-17-22(39-40-42)20-51-30-9-4-7-26-33(30)36(50)44(35(26)49)27-11-12-32(47)38-34(27)48/h1-10,13-14,17,23-24,27,45H,11-12,15-16,18-20H2,(H,38,47,48)/b14-13+/t23-,24-,27?/m1/s1. The number of anilines is 1. The van der Waals surface area contributed by atoms with Crippen LogP contribution in [0.2, 0.25) is 0 Å². The number of phenolic OH excluding ortho intramolecular Hbond substituents is 1. The number of para-hydroxylation sites is 1. The molecule has 4 aliphatic heterocycles. The molecule has 51 heavy (non-hydrogen) atoms. The summed E-state index contributed by atoms with van der Waals surface area (Å²) in [7, 11) is 0. The summed E-state index contributed by atoms with van der Waals surface area (Å²) in [5.41, 5.74) is 1.76. The van der Waals surface area contributed by atoms with Crippen molar-refractivity contribution in [1.82, 2.24) is 35.1 Å². The second-order valence-electron chi connectivity index (χ2n) is 12.9. The Labute approximate surface area is 291 Å². The molecule has 2 aromatic carbocycles. The number of aromatic nitrogens is 4. The van der Waals surface area contributed by atoms with Gasteiger partial charge in [-0.25, -0.2) is 9.67 Å². The number of piperazine rings is 1. The van der Waals surface area contributed by atoms with E-state index in [1.54, 1.807) is 41.2 Å². The van der Waals surface area contributed by atoms with E-state index in [4.69, 9.17) is 9.72 Å². The zero-order valence-electron chi connectivity index (χ0n) is 27.2. The smallest absolute Gasteiger partial charge is 0.266 e. The number of benzene rings is 2. The van der Waals surface area contributed by atoms with Gasteiger partial charge in [0.2, 0.25) is 11.8 Å². The molecule has 3 saturated heterocycles. The molecule has 2 bridgehead atoms. The molecule has 2 aromatic heterocycles. The molecular weight excluding hydrogens is 656 g/mol. The summed E-state index contributed by atoms with van der Waals surface area (Å²) in [5.74, 6) is -1.60. The normalized spacial score (nSPS) is 21.2. The number of hydrogen-bond donors (Lipinski definition) is 2. The molecule has 15 heteroatoms. The average molecular weight is 689 g/mol. The summed E-state index contributed by atoms with van der Waals surface area (Å²) in [6.45, 7) is 1.86. The molecule has 8 rings (SSSR count). The minimum Gasteiger partial charge on any atom is -0.507 e. The maximum absolute atomic E-state index is 13.4. The van der Waals surface area contributed by atoms with E-state index in [1.807, 2.05) is 24.4 Å². The van der Waals surface area contributed by atoms with Crippen molar-refractivity contribution < 1.29 is 33.8 Å². The van der Waals surface area contributed by atoms with E-state index in [9.17, 15) is 29.1 Å². The number of ether oxygens (including phenoxy) is 1. The van der Waals surface area contributed by atoms with Crippen LogP contribution in [0.3, 0.4) is 0 Å². The number of piperidine rings is 1. The van der Waals surface area contributed by atoms with Crippen LogP contribution in [0.1, 0.15) is 61.7 Å². The number of pyridine rings is 1. The van der Waals surface area contributed by atoms with Crippen LogP contribution >= 0.6 is 0 Å². The van der Waals surface area contributed by atoms with Gasteiger partial charge < -0.3 is 19.6 Å². The molecule has 6 heterocycles. The van der Waals surface area contributed by atoms with Crippen LogP contribution < -0.4 is 15.0 Å². The molecule has 4 aromatic rings. The van der Waals surface area contributed by atoms with Gasteiger partial charge in [0, 0.05) is 43.9 Å². The SMILES string of the molecule is O=C1CCC(N2C(=O)c3cccc(OCc4cn(Cc5cccc(N6C[C@H]7C[C@@H]6CN7/C=C/C(=O)c6ccccc6O)n5)nn4)c3C2=O)C(=O)N1. The molecule has 0 aliphatic carbocycles. The van der Waals surface area contributed by atoms with Gasteiger partial charge in [-0.15, -0.1) is 5.10 Å². The minimum atomic E-state index is -1.07. The average Bonchev–Trinajstić information content (AvgIpc) is 3.91. The molecule has 0 radical (unpaired) electrons. The summed E-state index contributed by atoms with van der Waals surface area (Å²) < 4.78 is 7.59. The lowest BCUT2D eigenvalue weighted by Gasteiger charge is -2.34. The predicted octanol–water partition coefficient (Wildman–Crippen LogP) is 2.07. The fourth-order valence-corrected chi connectivity index (χ4v) is 7.21. The quantitative estimate of drug-likeness (QED) is 0.141. The Morgan fingerprint density at radius 3 is 2.61 bits per heavy atom. The molecule has 258 valence electrons. The number of nitrogens with zero attached hydrogens (tertiary/aromatic N) is 7. The Hall–Kier alpha value is -6.38. The summed E-state index contributed by atoms with van der Waals surface area (Å²) in [4.78, 5) is 73.4. The molecule has 1 unspecified atom stereocenters. The molecular formula is C36H32N8O7. The van der Waals surface area contributed by atoms with Crippen molar-refractivity contribution in [3.8, 4) is 11.5 Å².